The van der Waals surface area contributed by atoms with Gasteiger partial charge < -0.3 is 4.90 Å². The zero-order valence-corrected chi connectivity index (χ0v) is 19.4. The summed E-state index contributed by atoms with van der Waals surface area (Å²) in [6, 6.07) is 37.1. The lowest BCUT2D eigenvalue weighted by Crippen LogP contribution is -2.30. The summed E-state index contributed by atoms with van der Waals surface area (Å²) < 4.78 is 1.15. The van der Waals surface area contributed by atoms with Crippen LogP contribution in [0, 0.1) is 6.92 Å². The van der Waals surface area contributed by atoms with E-state index in [1.807, 2.05) is 59.5 Å². The number of para-hydroxylation sites is 1. The highest BCUT2D eigenvalue weighted by Gasteiger charge is 2.25. The number of anilines is 1. The number of nitrogens with zero attached hydrogens (tertiary/aromatic N) is 1. The van der Waals surface area contributed by atoms with Gasteiger partial charge in [0, 0.05) is 10.4 Å². The van der Waals surface area contributed by atoms with Crippen LogP contribution in [0.15, 0.2) is 109 Å². The number of fused-ring (bicyclic) bond motifs is 1. The molecular formula is C30H25NOS. The van der Waals surface area contributed by atoms with Crippen molar-refractivity contribution in [1.82, 2.24) is 0 Å². The van der Waals surface area contributed by atoms with Crippen LogP contribution in [-0.4, -0.2) is 5.91 Å². The topological polar surface area (TPSA) is 20.3 Å². The number of rotatable bonds is 6. The van der Waals surface area contributed by atoms with Crippen LogP contribution in [0.5, 0.6) is 0 Å². The van der Waals surface area contributed by atoms with Crippen LogP contribution in [0.3, 0.4) is 0 Å². The maximum atomic E-state index is 14.1. The third kappa shape index (κ3) is 4.59. The van der Waals surface area contributed by atoms with Crippen LogP contribution < -0.4 is 4.90 Å². The van der Waals surface area contributed by atoms with Gasteiger partial charge in [0.05, 0.1) is 11.4 Å². The lowest BCUT2D eigenvalue weighted by molar-refractivity contribution is 0.0988. The van der Waals surface area contributed by atoms with E-state index in [1.54, 1.807) is 11.3 Å². The van der Waals surface area contributed by atoms with Gasteiger partial charge in [-0.25, -0.2) is 0 Å². The Morgan fingerprint density at radius 3 is 2.09 bits per heavy atom. The Hall–Kier alpha value is -3.69. The fourth-order valence-corrected chi connectivity index (χ4v) is 5.30. The van der Waals surface area contributed by atoms with Gasteiger partial charge in [-0.2, -0.15) is 0 Å². The molecule has 0 saturated heterocycles. The second kappa shape index (κ2) is 9.43. The van der Waals surface area contributed by atoms with E-state index in [9.17, 15) is 4.79 Å². The van der Waals surface area contributed by atoms with Crippen LogP contribution in [0.2, 0.25) is 0 Å². The highest BCUT2D eigenvalue weighted by Crippen LogP contribution is 2.35. The van der Waals surface area contributed by atoms with E-state index < -0.39 is 0 Å². The Bertz CT molecular complexity index is 1370. The Morgan fingerprint density at radius 1 is 0.727 bits per heavy atom. The Labute approximate surface area is 198 Å². The fourth-order valence-electron chi connectivity index (χ4n) is 4.13. The minimum atomic E-state index is 0.0494. The normalized spacial score (nSPS) is 10.9. The van der Waals surface area contributed by atoms with Gasteiger partial charge in [0.2, 0.25) is 0 Å². The van der Waals surface area contributed by atoms with Gasteiger partial charge in [-0.1, -0.05) is 96.6 Å². The predicted molar refractivity (Wildman–Crippen MR) is 139 cm³/mol. The van der Waals surface area contributed by atoms with E-state index in [-0.39, 0.29) is 5.91 Å². The molecule has 1 amide bonds. The molecule has 1 heterocycles. The number of hydrogen-bond donors (Lipinski definition) is 0. The molecular weight excluding hydrogens is 422 g/mol. The monoisotopic (exact) mass is 447 g/mol. The number of carbonyl (C=O) groups excluding carboxylic acids is 1. The molecule has 5 rings (SSSR count). The van der Waals surface area contributed by atoms with Crippen molar-refractivity contribution in [2.75, 3.05) is 4.90 Å². The van der Waals surface area contributed by atoms with E-state index in [4.69, 9.17) is 0 Å². The minimum Gasteiger partial charge on any atom is -0.303 e. The molecule has 1 aromatic heterocycles. The third-order valence-corrected chi connectivity index (χ3v) is 7.09. The SMILES string of the molecule is Cc1ccc(Cc2c(C(=O)N(Cc3ccccc3)c3ccccc3)sc3ccccc23)cc1. The fraction of sp³-hybridized carbons (Fsp3) is 0.100. The van der Waals surface area contributed by atoms with E-state index in [2.05, 4.69) is 61.5 Å². The number of amides is 1. The first-order valence-corrected chi connectivity index (χ1v) is 12.0. The number of hydrogen-bond acceptors (Lipinski definition) is 2. The highest BCUT2D eigenvalue weighted by molar-refractivity contribution is 7.21. The van der Waals surface area contributed by atoms with Gasteiger partial charge in [0.15, 0.2) is 0 Å². The standard InChI is InChI=1S/C30H25NOS/c1-22-16-18-23(19-17-22)20-27-26-14-8-9-15-28(26)33-29(27)30(32)31(25-12-6-3-7-13-25)21-24-10-4-2-5-11-24/h2-19H,20-21H2,1H3. The van der Waals surface area contributed by atoms with Crippen molar-refractivity contribution in [1.29, 1.82) is 0 Å². The zero-order valence-electron chi connectivity index (χ0n) is 18.6. The molecule has 0 radical (unpaired) electrons. The summed E-state index contributed by atoms with van der Waals surface area (Å²) in [5.41, 5.74) is 5.58. The van der Waals surface area contributed by atoms with Crippen LogP contribution in [0.25, 0.3) is 10.1 Å². The first-order chi connectivity index (χ1) is 16.2. The molecule has 0 aliphatic heterocycles. The van der Waals surface area contributed by atoms with Crippen molar-refractivity contribution in [3.05, 3.63) is 136 Å². The van der Waals surface area contributed by atoms with E-state index in [0.29, 0.717) is 6.54 Å². The molecule has 0 bridgehead atoms. The summed E-state index contributed by atoms with van der Waals surface area (Å²) in [6.07, 6.45) is 0.735. The zero-order chi connectivity index (χ0) is 22.6. The Morgan fingerprint density at radius 2 is 1.36 bits per heavy atom. The van der Waals surface area contributed by atoms with Crippen molar-refractivity contribution in [2.45, 2.75) is 19.9 Å². The van der Waals surface area contributed by atoms with Crippen LogP contribution in [0.1, 0.15) is 31.9 Å². The van der Waals surface area contributed by atoms with Gasteiger partial charge in [0.1, 0.15) is 0 Å². The van der Waals surface area contributed by atoms with Crippen molar-refractivity contribution in [3.63, 3.8) is 0 Å². The average Bonchev–Trinajstić information content (AvgIpc) is 3.23. The molecule has 162 valence electrons. The maximum Gasteiger partial charge on any atom is 0.268 e. The molecule has 2 nitrogen and oxygen atoms in total. The molecule has 0 fully saturated rings. The summed E-state index contributed by atoms with van der Waals surface area (Å²) in [6.45, 7) is 2.63. The van der Waals surface area contributed by atoms with Crippen molar-refractivity contribution >= 4 is 33.0 Å². The second-order valence-corrected chi connectivity index (χ2v) is 9.33. The highest BCUT2D eigenvalue weighted by atomic mass is 32.1. The number of thiophene rings is 1. The molecule has 3 heteroatoms. The Kier molecular flexibility index (Phi) is 6.05. The number of aryl methyl sites for hydroxylation is 1. The van der Waals surface area contributed by atoms with E-state index in [0.717, 1.165) is 32.8 Å². The summed E-state index contributed by atoms with van der Waals surface area (Å²) in [5.74, 6) is 0.0494. The molecule has 0 N–H and O–H groups in total. The van der Waals surface area contributed by atoms with Crippen LogP contribution >= 0.6 is 11.3 Å². The molecule has 0 saturated carbocycles. The number of carbonyl (C=O) groups is 1. The molecule has 4 aromatic carbocycles. The van der Waals surface area contributed by atoms with Gasteiger partial charge in [0.25, 0.3) is 5.91 Å². The lowest BCUT2D eigenvalue weighted by Gasteiger charge is -2.23. The quantitative estimate of drug-likeness (QED) is 0.262. The van der Waals surface area contributed by atoms with Crippen molar-refractivity contribution in [2.24, 2.45) is 0 Å². The molecule has 0 aliphatic carbocycles. The average molecular weight is 448 g/mol. The predicted octanol–water partition coefficient (Wildman–Crippen LogP) is 7.65. The summed E-state index contributed by atoms with van der Waals surface area (Å²) in [5, 5.41) is 1.17. The van der Waals surface area contributed by atoms with Crippen molar-refractivity contribution < 1.29 is 4.79 Å². The smallest absolute Gasteiger partial charge is 0.268 e. The second-order valence-electron chi connectivity index (χ2n) is 8.28. The summed E-state index contributed by atoms with van der Waals surface area (Å²) in [4.78, 5) is 16.8. The largest absolute Gasteiger partial charge is 0.303 e. The third-order valence-electron chi connectivity index (χ3n) is 5.89. The first kappa shape index (κ1) is 21.2. The summed E-state index contributed by atoms with van der Waals surface area (Å²) >= 11 is 1.60. The molecule has 33 heavy (non-hydrogen) atoms. The summed E-state index contributed by atoms with van der Waals surface area (Å²) in [7, 11) is 0. The minimum absolute atomic E-state index is 0.0494. The van der Waals surface area contributed by atoms with Gasteiger partial charge >= 0.3 is 0 Å². The molecule has 0 unspecified atom stereocenters. The van der Waals surface area contributed by atoms with Gasteiger partial charge in [-0.15, -0.1) is 11.3 Å². The molecule has 5 aromatic rings. The molecule has 0 aliphatic rings. The number of benzene rings is 4. The Balaban J connectivity index is 1.59. The van der Waals surface area contributed by atoms with E-state index in [1.165, 1.54) is 16.5 Å². The van der Waals surface area contributed by atoms with Crippen LogP contribution in [0.4, 0.5) is 5.69 Å². The molecule has 0 atom stereocenters. The van der Waals surface area contributed by atoms with Crippen molar-refractivity contribution in [3.8, 4) is 0 Å². The lowest BCUT2D eigenvalue weighted by atomic mass is 10.0. The molecule has 0 spiro atoms. The maximum absolute atomic E-state index is 14.1. The van der Waals surface area contributed by atoms with Crippen LogP contribution in [-0.2, 0) is 13.0 Å². The van der Waals surface area contributed by atoms with Gasteiger partial charge in [-0.05, 0) is 53.6 Å². The van der Waals surface area contributed by atoms with E-state index >= 15 is 0 Å². The first-order valence-electron chi connectivity index (χ1n) is 11.2. The van der Waals surface area contributed by atoms with Gasteiger partial charge in [-0.3, -0.25) is 4.79 Å².